The van der Waals surface area contributed by atoms with E-state index in [1.165, 1.54) is 24.3 Å². The lowest BCUT2D eigenvalue weighted by Crippen LogP contribution is -2.60. The van der Waals surface area contributed by atoms with Crippen LogP contribution >= 0.6 is 0 Å². The van der Waals surface area contributed by atoms with Gasteiger partial charge in [-0.15, -0.1) is 0 Å². The molecule has 72 heavy (non-hydrogen) atoms. The maximum absolute atomic E-state index is 13.7. The Morgan fingerprint density at radius 3 is 1.38 bits per heavy atom. The van der Waals surface area contributed by atoms with Crippen LogP contribution in [-0.4, -0.2) is 177 Å². The minimum atomic E-state index is -1.78. The molecule has 2 aromatic rings. The van der Waals surface area contributed by atoms with E-state index >= 15 is 0 Å². The first-order valence-electron chi connectivity index (χ1n) is 23.0. The Hall–Kier alpha value is -5.64. The minimum Gasteiger partial charge on any atom is -0.468 e. The molecule has 0 aliphatic carbocycles. The predicted molar refractivity (Wildman–Crippen MR) is 241 cm³/mol. The third-order valence-corrected chi connectivity index (χ3v) is 12.3. The zero-order valence-electron chi connectivity index (χ0n) is 39.4. The molecule has 9 N–H and O–H groups in total. The van der Waals surface area contributed by atoms with E-state index in [9.17, 15) is 65.1 Å². The molecule has 2 aromatic carbocycles. The highest BCUT2D eigenvalue weighted by atomic mass is 16.8. The Morgan fingerprint density at radius 2 is 0.986 bits per heavy atom. The number of hydrogen-bond donors (Lipinski definition) is 9. The van der Waals surface area contributed by atoms with Crippen LogP contribution in [0, 0.1) is 11.8 Å². The molecule has 14 atom stereocenters. The van der Waals surface area contributed by atoms with E-state index in [-0.39, 0.29) is 53.4 Å². The van der Waals surface area contributed by atoms with E-state index in [1.54, 1.807) is 50.2 Å². The Morgan fingerprint density at radius 1 is 0.569 bits per heavy atom. The fourth-order valence-corrected chi connectivity index (χ4v) is 8.33. The Labute approximate surface area is 412 Å². The van der Waals surface area contributed by atoms with Crippen LogP contribution in [0.1, 0.15) is 37.8 Å². The molecule has 0 spiro atoms. The first-order chi connectivity index (χ1) is 34.5. The largest absolute Gasteiger partial charge is 0.468 e. The van der Waals surface area contributed by atoms with Gasteiger partial charge in [-0.2, -0.15) is 0 Å². The smallest absolute Gasteiger partial charge is 0.337 e. The van der Waals surface area contributed by atoms with Gasteiger partial charge in [-0.05, 0) is 55.7 Å². The summed E-state index contributed by atoms with van der Waals surface area (Å²) in [4.78, 5) is 53.4. The summed E-state index contributed by atoms with van der Waals surface area (Å²) in [5.41, 5.74) is 1.72. The Balaban J connectivity index is 1.09. The van der Waals surface area contributed by atoms with Gasteiger partial charge in [-0.25, -0.2) is 9.59 Å². The van der Waals surface area contributed by atoms with Gasteiger partial charge in [0, 0.05) is 36.0 Å². The highest BCUT2D eigenvalue weighted by molar-refractivity contribution is 5.91. The third-order valence-electron chi connectivity index (χ3n) is 12.3. The van der Waals surface area contributed by atoms with Crippen LogP contribution in [0.25, 0.3) is 0 Å². The zero-order valence-corrected chi connectivity index (χ0v) is 39.4. The molecule has 0 saturated carbocycles. The van der Waals surface area contributed by atoms with Crippen molar-refractivity contribution in [3.63, 3.8) is 0 Å². The van der Waals surface area contributed by atoms with Crippen molar-refractivity contribution < 1.29 is 113 Å². The van der Waals surface area contributed by atoms with Gasteiger partial charge in [0.25, 0.3) is 0 Å². The summed E-state index contributed by atoms with van der Waals surface area (Å²) in [6, 6.07) is 12.7. The second-order valence-corrected chi connectivity index (χ2v) is 16.9. The lowest BCUT2D eigenvalue weighted by Gasteiger charge is -2.41. The van der Waals surface area contributed by atoms with Crippen molar-refractivity contribution in [3.05, 3.63) is 107 Å². The van der Waals surface area contributed by atoms with Crippen molar-refractivity contribution in [2.24, 2.45) is 11.8 Å². The van der Waals surface area contributed by atoms with Crippen molar-refractivity contribution in [2.75, 3.05) is 33.5 Å². The number of benzene rings is 2. The van der Waals surface area contributed by atoms with Crippen LogP contribution in [0.15, 0.2) is 95.5 Å². The molecule has 2 saturated heterocycles. The second-order valence-electron chi connectivity index (χ2n) is 16.9. The number of carbonyl (C=O) groups is 4. The van der Waals surface area contributed by atoms with Gasteiger partial charge in [0.2, 0.25) is 12.6 Å². The quantitative estimate of drug-likeness (QED) is 0.0463. The van der Waals surface area contributed by atoms with Gasteiger partial charge in [0.1, 0.15) is 60.3 Å². The summed E-state index contributed by atoms with van der Waals surface area (Å²) in [5.74, 6) is -5.03. The summed E-state index contributed by atoms with van der Waals surface area (Å²) >= 11 is 0. The van der Waals surface area contributed by atoms with Crippen LogP contribution in [-0.2, 0) is 69.9 Å². The van der Waals surface area contributed by atoms with E-state index in [2.05, 4.69) is 0 Å². The molecule has 4 heterocycles. The van der Waals surface area contributed by atoms with E-state index in [0.717, 1.165) is 25.2 Å². The third kappa shape index (κ3) is 13.3. The van der Waals surface area contributed by atoms with Gasteiger partial charge in [0.15, 0.2) is 12.6 Å². The van der Waals surface area contributed by atoms with Crippen molar-refractivity contribution >= 4 is 23.9 Å². The van der Waals surface area contributed by atoms with E-state index < -0.39 is 136 Å². The van der Waals surface area contributed by atoms with Gasteiger partial charge in [0.05, 0.1) is 63.4 Å². The monoisotopic (exact) mass is 1020 g/mol. The Kier molecular flexibility index (Phi) is 20.0. The highest BCUT2D eigenvalue weighted by Gasteiger charge is 2.49. The fraction of sp³-hybridized carbons (Fsp3) is 0.510. The number of esters is 4. The number of rotatable bonds is 19. The second kappa shape index (κ2) is 25.8. The van der Waals surface area contributed by atoms with Gasteiger partial charge in [-0.3, -0.25) is 9.59 Å². The molecule has 4 aliphatic rings. The maximum Gasteiger partial charge on any atom is 0.337 e. The van der Waals surface area contributed by atoms with Crippen LogP contribution in [0.3, 0.4) is 0 Å². The zero-order chi connectivity index (χ0) is 52.2. The summed E-state index contributed by atoms with van der Waals surface area (Å²) in [6.45, 7) is 1.49. The minimum absolute atomic E-state index is 0.0628. The van der Waals surface area contributed by atoms with Gasteiger partial charge in [-0.1, -0.05) is 36.4 Å². The molecular weight excluding hydrogens is 957 g/mol. The van der Waals surface area contributed by atoms with E-state index in [0.29, 0.717) is 12.0 Å². The van der Waals surface area contributed by atoms with Crippen molar-refractivity contribution in [2.45, 2.75) is 114 Å². The topological polar surface area (TPSA) is 343 Å². The molecule has 0 unspecified atom stereocenters. The number of hydrogen-bond acceptors (Lipinski definition) is 23. The molecule has 4 aliphatic heterocycles. The van der Waals surface area contributed by atoms with Gasteiger partial charge < -0.3 is 93.3 Å². The Bertz CT molecular complexity index is 2290. The lowest BCUT2D eigenvalue weighted by molar-refractivity contribution is -0.327. The average molecular weight is 1020 g/mol. The average Bonchev–Trinajstić information content (AvgIpc) is 3.37. The molecule has 394 valence electrons. The molecular formula is C49H60O23. The van der Waals surface area contributed by atoms with E-state index in [4.69, 9.17) is 47.4 Å². The molecule has 0 radical (unpaired) electrons. The number of ether oxygens (including phenoxy) is 10. The molecule has 0 aromatic heterocycles. The van der Waals surface area contributed by atoms with Crippen molar-refractivity contribution in [1.29, 1.82) is 0 Å². The van der Waals surface area contributed by atoms with Crippen LogP contribution in [0.4, 0.5) is 0 Å². The van der Waals surface area contributed by atoms with Crippen molar-refractivity contribution in [3.8, 4) is 11.5 Å². The highest BCUT2D eigenvalue weighted by Crippen LogP contribution is 2.38. The molecule has 2 fully saturated rings. The summed E-state index contributed by atoms with van der Waals surface area (Å²) in [5, 5.41) is 90.7. The first-order valence-corrected chi connectivity index (χ1v) is 23.0. The predicted octanol–water partition coefficient (Wildman–Crippen LogP) is -0.990. The summed E-state index contributed by atoms with van der Waals surface area (Å²) in [6.07, 6.45) is -14.1. The van der Waals surface area contributed by atoms with Crippen molar-refractivity contribution in [1.82, 2.24) is 0 Å². The standard InChI is InChI=1S/C49H60O23/c1-4-28-30(32(44(61)63-3)22-65-46(28)71-48-42(59)40(57)38(55)34(20-51)69-48)18-36(53)68-27-12-8-25(9-13-27)15-17-64-45(62)33-23-66-47(72-49-43(60)41(58)39(56)35(21-52)70-49)29(5-2)31(33)19-37(54)67-26-10-6-24(7-11-26)14-16-50/h4-13,22-23,30-31,34-35,38-43,46-52,55-60H,14-21H2,1-3H3/b28-4-,29-5-/t30-,31-,34-,35-,38+,39+,40-,41-,42+,43+,46-,47-,48-,49+/m0/s1. The van der Waals surface area contributed by atoms with E-state index in [1.807, 2.05) is 0 Å². The molecule has 23 heteroatoms. The summed E-state index contributed by atoms with van der Waals surface area (Å²) < 4.78 is 55.7. The number of methoxy groups -OCH3 is 1. The number of aliphatic hydroxyl groups is 9. The van der Waals surface area contributed by atoms with Gasteiger partial charge >= 0.3 is 23.9 Å². The molecule has 6 rings (SSSR count). The normalized spacial score (nSPS) is 31.6. The first kappa shape index (κ1) is 55.7. The van der Waals surface area contributed by atoms with Crippen LogP contribution < -0.4 is 9.47 Å². The number of carbonyl (C=O) groups excluding carboxylic acids is 4. The molecule has 0 amide bonds. The fourth-order valence-electron chi connectivity index (χ4n) is 8.33. The molecule has 0 bridgehead atoms. The SMILES string of the molecule is C/C=C1\[C@H](O[C@@H]2O[C@@H](CO)[C@@H](O)[C@H](O)[C@H]2O)OC=C(C(=O)OC)[C@H]1CC(=O)Oc1ccc(CCOC(=O)C2=CO[C@@H](O[C@H]3O[C@@H](CO)[C@@H](O)[C@H](O)[C@H]3O)/C(=C\C)[C@@H]2CC(=O)Oc2ccc(CCO)cc2)cc1. The molecule has 23 nitrogen and oxygen atoms in total. The van der Waals surface area contributed by atoms with Crippen LogP contribution in [0.2, 0.25) is 0 Å². The number of aliphatic hydroxyl groups excluding tert-OH is 9. The maximum atomic E-state index is 13.7. The number of allylic oxidation sites excluding steroid dienone is 2. The summed E-state index contributed by atoms with van der Waals surface area (Å²) in [7, 11) is 1.14. The van der Waals surface area contributed by atoms with Crippen LogP contribution in [0.5, 0.6) is 11.5 Å². The lowest BCUT2D eigenvalue weighted by atomic mass is 9.86.